The molecule has 0 bridgehead atoms. The van der Waals surface area contributed by atoms with E-state index < -0.39 is 8.07 Å². The highest BCUT2D eigenvalue weighted by Crippen LogP contribution is 2.25. The lowest BCUT2D eigenvalue weighted by molar-refractivity contribution is 0.881. The monoisotopic (exact) mass is 344 g/mol. The van der Waals surface area contributed by atoms with Crippen molar-refractivity contribution in [2.45, 2.75) is 25.2 Å². The molecule has 4 nitrogen and oxygen atoms in total. The van der Waals surface area contributed by atoms with Gasteiger partial charge < -0.3 is 0 Å². The van der Waals surface area contributed by atoms with E-state index in [1.54, 1.807) is 12.4 Å². The van der Waals surface area contributed by atoms with Crippen molar-refractivity contribution in [2.24, 2.45) is 20.5 Å². The second-order valence-electron chi connectivity index (χ2n) is 6.91. The van der Waals surface area contributed by atoms with Crippen LogP contribution in [0.15, 0.2) is 93.5 Å². The number of hydrogen-bond acceptors (Lipinski definition) is 4. The summed E-state index contributed by atoms with van der Waals surface area (Å²) in [6.45, 7) is 4.78. The summed E-state index contributed by atoms with van der Waals surface area (Å²) in [4.78, 5) is 0. The first-order valence-electron chi connectivity index (χ1n) is 8.49. The fourth-order valence-electron chi connectivity index (χ4n) is 3.28. The third-order valence-electron chi connectivity index (χ3n) is 4.95. The molecule has 2 aliphatic heterocycles. The highest BCUT2D eigenvalue weighted by Gasteiger charge is 2.27. The van der Waals surface area contributed by atoms with Gasteiger partial charge in [-0.05, 0) is 23.3 Å². The predicted molar refractivity (Wildman–Crippen MR) is 103 cm³/mol. The highest BCUT2D eigenvalue weighted by atomic mass is 28.3. The van der Waals surface area contributed by atoms with Gasteiger partial charge in [-0.1, -0.05) is 72.0 Å². The fraction of sp³-hybridized carbons (Fsp3) is 0.200. The van der Waals surface area contributed by atoms with Crippen LogP contribution in [0.25, 0.3) is 0 Å². The van der Waals surface area contributed by atoms with Gasteiger partial charge in [-0.25, -0.2) is 0 Å². The minimum Gasteiger partial charge on any atom is -0.177 e. The molecule has 0 N–H and O–H groups in total. The maximum Gasteiger partial charge on any atom is 0.116 e. The van der Waals surface area contributed by atoms with Crippen LogP contribution < -0.4 is 10.4 Å². The van der Waals surface area contributed by atoms with Gasteiger partial charge in [-0.15, -0.1) is 0 Å². The molecule has 2 unspecified atom stereocenters. The number of rotatable bonds is 4. The minimum atomic E-state index is -1.81. The van der Waals surface area contributed by atoms with Gasteiger partial charge in [0, 0.05) is 12.4 Å². The summed E-state index contributed by atoms with van der Waals surface area (Å²) in [6, 6.07) is 17.7. The molecule has 4 rings (SSSR count). The molecule has 25 heavy (non-hydrogen) atoms. The lowest BCUT2D eigenvalue weighted by Gasteiger charge is -2.25. The molecule has 124 valence electrons. The Morgan fingerprint density at radius 1 is 0.720 bits per heavy atom. The maximum atomic E-state index is 4.27. The van der Waals surface area contributed by atoms with E-state index in [2.05, 4.69) is 82.1 Å². The van der Waals surface area contributed by atoms with E-state index >= 15 is 0 Å². The highest BCUT2D eigenvalue weighted by molar-refractivity contribution is 7.00. The van der Waals surface area contributed by atoms with Crippen LogP contribution >= 0.6 is 0 Å². The van der Waals surface area contributed by atoms with Crippen LogP contribution in [0, 0.1) is 0 Å². The topological polar surface area (TPSA) is 49.4 Å². The molecule has 2 atom stereocenters. The standard InChI is InChI=1S/C20H20N4Si/c1-25(2,17-7-3-5-15(13-17)19-9-11-21-23-19)18-8-4-6-16(14-18)20-10-12-22-24-20/h3-14,19-20H,1-2H3. The van der Waals surface area contributed by atoms with Crippen LogP contribution in [0.5, 0.6) is 0 Å². The molecule has 0 spiro atoms. The molecular weight excluding hydrogens is 324 g/mol. The number of nitrogens with zero attached hydrogens (tertiary/aromatic N) is 4. The molecule has 0 fully saturated rings. The van der Waals surface area contributed by atoms with E-state index in [0.29, 0.717) is 0 Å². The van der Waals surface area contributed by atoms with E-state index in [-0.39, 0.29) is 12.1 Å². The first-order valence-corrected chi connectivity index (χ1v) is 11.5. The van der Waals surface area contributed by atoms with E-state index in [9.17, 15) is 0 Å². The Kier molecular flexibility index (Phi) is 4.01. The van der Waals surface area contributed by atoms with Crippen molar-refractivity contribution < 1.29 is 0 Å². The largest absolute Gasteiger partial charge is 0.177 e. The van der Waals surface area contributed by atoms with Crippen LogP contribution in [0.4, 0.5) is 0 Å². The van der Waals surface area contributed by atoms with Gasteiger partial charge in [0.2, 0.25) is 0 Å². The Morgan fingerprint density at radius 3 is 1.60 bits per heavy atom. The van der Waals surface area contributed by atoms with E-state index in [1.807, 2.05) is 12.2 Å². The van der Waals surface area contributed by atoms with Crippen molar-refractivity contribution >= 4 is 18.4 Å². The smallest absolute Gasteiger partial charge is 0.116 e. The van der Waals surface area contributed by atoms with Crippen LogP contribution in [-0.4, -0.2) is 8.07 Å². The van der Waals surface area contributed by atoms with Crippen molar-refractivity contribution in [1.82, 2.24) is 0 Å². The predicted octanol–water partition coefficient (Wildman–Crippen LogP) is 4.55. The molecule has 2 heterocycles. The van der Waals surface area contributed by atoms with Crippen LogP contribution in [-0.2, 0) is 0 Å². The lowest BCUT2D eigenvalue weighted by Crippen LogP contribution is -2.53. The van der Waals surface area contributed by atoms with E-state index in [1.165, 1.54) is 21.5 Å². The minimum absolute atomic E-state index is 0.0557. The summed E-state index contributed by atoms with van der Waals surface area (Å²) in [5.74, 6) is 0. The zero-order valence-electron chi connectivity index (χ0n) is 14.4. The molecule has 2 aromatic rings. The van der Waals surface area contributed by atoms with Crippen molar-refractivity contribution in [3.8, 4) is 0 Å². The first-order chi connectivity index (χ1) is 12.1. The first kappa shape index (κ1) is 15.8. The van der Waals surface area contributed by atoms with Gasteiger partial charge in [-0.3, -0.25) is 0 Å². The molecule has 0 radical (unpaired) electrons. The molecule has 0 saturated heterocycles. The maximum absolute atomic E-state index is 4.27. The van der Waals surface area contributed by atoms with Gasteiger partial charge in [0.15, 0.2) is 0 Å². The van der Waals surface area contributed by atoms with E-state index in [4.69, 9.17) is 0 Å². The average Bonchev–Trinajstić information content (AvgIpc) is 3.36. The lowest BCUT2D eigenvalue weighted by atomic mass is 10.1. The fourth-order valence-corrected chi connectivity index (χ4v) is 5.70. The summed E-state index contributed by atoms with van der Waals surface area (Å²) >= 11 is 0. The Bertz CT molecular complexity index is 814. The third-order valence-corrected chi connectivity index (χ3v) is 8.46. The second kappa shape index (κ2) is 6.33. The third kappa shape index (κ3) is 3.03. The summed E-state index contributed by atoms with van der Waals surface area (Å²) in [5, 5.41) is 19.3. The van der Waals surface area contributed by atoms with Crippen molar-refractivity contribution in [2.75, 3.05) is 0 Å². The Hall–Kier alpha value is -2.66. The summed E-state index contributed by atoms with van der Waals surface area (Å²) in [5.41, 5.74) is 2.42. The van der Waals surface area contributed by atoms with Crippen molar-refractivity contribution in [3.63, 3.8) is 0 Å². The zero-order chi connectivity index (χ0) is 17.3. The van der Waals surface area contributed by atoms with Gasteiger partial charge in [-0.2, -0.15) is 20.5 Å². The van der Waals surface area contributed by atoms with E-state index in [0.717, 1.165) is 0 Å². The average molecular weight is 344 g/mol. The number of azo groups is 2. The molecular formula is C20H20N4Si. The normalized spacial score (nSPS) is 21.4. The molecule has 2 aliphatic rings. The Labute approximate surface area is 148 Å². The molecule has 2 aromatic carbocycles. The molecule has 5 heteroatoms. The number of benzene rings is 2. The Morgan fingerprint density at radius 2 is 1.20 bits per heavy atom. The van der Waals surface area contributed by atoms with Crippen LogP contribution in [0.2, 0.25) is 13.1 Å². The molecule has 0 aromatic heterocycles. The Balaban J connectivity index is 1.69. The second-order valence-corrected chi connectivity index (χ2v) is 11.3. The molecule has 0 amide bonds. The SMILES string of the molecule is C[Si](C)(c1cccc(C2C=CN=N2)c1)c1cccc(C2C=CN=N2)c1. The van der Waals surface area contributed by atoms with Crippen molar-refractivity contribution in [3.05, 3.63) is 84.2 Å². The van der Waals surface area contributed by atoms with Gasteiger partial charge >= 0.3 is 0 Å². The van der Waals surface area contributed by atoms with Gasteiger partial charge in [0.25, 0.3) is 0 Å². The quantitative estimate of drug-likeness (QED) is 0.731. The summed E-state index contributed by atoms with van der Waals surface area (Å²) in [7, 11) is -1.81. The van der Waals surface area contributed by atoms with Crippen molar-refractivity contribution in [1.29, 1.82) is 0 Å². The van der Waals surface area contributed by atoms with Gasteiger partial charge in [0.1, 0.15) is 20.2 Å². The number of hydrogen-bond donors (Lipinski definition) is 0. The molecule has 0 aliphatic carbocycles. The van der Waals surface area contributed by atoms with Gasteiger partial charge in [0.05, 0.1) is 0 Å². The summed E-state index contributed by atoms with van der Waals surface area (Å²) < 4.78 is 0. The molecule has 0 saturated carbocycles. The zero-order valence-corrected chi connectivity index (χ0v) is 15.4. The summed E-state index contributed by atoms with van der Waals surface area (Å²) in [6.07, 6.45) is 7.61. The van der Waals surface area contributed by atoms with Crippen LogP contribution in [0.1, 0.15) is 23.2 Å². The van der Waals surface area contributed by atoms with Crippen LogP contribution in [0.3, 0.4) is 0 Å².